The summed E-state index contributed by atoms with van der Waals surface area (Å²) in [7, 11) is 3.07. The Hall–Kier alpha value is -4.36. The molecule has 1 N–H and O–H groups in total. The Balaban J connectivity index is 1.41. The fraction of sp³-hybridized carbons (Fsp3) is 0.345. The highest BCUT2D eigenvalue weighted by Crippen LogP contribution is 2.31. The maximum Gasteiger partial charge on any atom is 0.247 e. The topological polar surface area (TPSA) is 121 Å². The van der Waals surface area contributed by atoms with Crippen molar-refractivity contribution in [2.75, 3.05) is 27.4 Å². The van der Waals surface area contributed by atoms with Gasteiger partial charge >= 0.3 is 0 Å². The predicted octanol–water partition coefficient (Wildman–Crippen LogP) is 3.62. The minimum absolute atomic E-state index is 0.0846. The molecule has 42 heavy (non-hydrogen) atoms. The molecule has 0 bridgehead atoms. The number of nitrogens with one attached hydrogen (secondary N) is 1. The standard InChI is InChI=1S/C29H31FN6O5S/c1-39-24-12-9-20(15-25(24)40-2)28-32-34-36(33-28)18-26(37)35(17-23-6-4-14-42-23)27(19-7-10-21(30)11-8-19)29(38)31-16-22-5-3-13-41-22/h4,6-12,14-15,22,27H,3,5,13,16-18H2,1-2H3,(H,31,38)/t22-,27+/m1/s1. The van der Waals surface area contributed by atoms with Gasteiger partial charge in [0.2, 0.25) is 17.6 Å². The molecule has 0 unspecified atom stereocenters. The van der Waals surface area contributed by atoms with E-state index in [1.807, 2.05) is 17.5 Å². The number of amides is 2. The number of aromatic nitrogens is 4. The van der Waals surface area contributed by atoms with Gasteiger partial charge in [0, 0.05) is 23.6 Å². The fourth-order valence-corrected chi connectivity index (χ4v) is 5.44. The molecule has 5 rings (SSSR count). The first-order chi connectivity index (χ1) is 20.4. The number of halogens is 1. The summed E-state index contributed by atoms with van der Waals surface area (Å²) in [6, 6.07) is 13.5. The van der Waals surface area contributed by atoms with Gasteiger partial charge in [-0.1, -0.05) is 18.2 Å². The van der Waals surface area contributed by atoms with Crippen molar-refractivity contribution in [3.63, 3.8) is 0 Å². The van der Waals surface area contributed by atoms with E-state index < -0.39 is 17.8 Å². The van der Waals surface area contributed by atoms with Crippen LogP contribution < -0.4 is 14.8 Å². The second kappa shape index (κ2) is 13.5. The average molecular weight is 595 g/mol. The van der Waals surface area contributed by atoms with Crippen LogP contribution in [0.4, 0.5) is 4.39 Å². The van der Waals surface area contributed by atoms with Gasteiger partial charge in [-0.2, -0.15) is 4.80 Å². The minimum atomic E-state index is -1.03. The fourth-order valence-electron chi connectivity index (χ4n) is 4.74. The van der Waals surface area contributed by atoms with Crippen LogP contribution in [0.5, 0.6) is 11.5 Å². The van der Waals surface area contributed by atoms with E-state index in [2.05, 4.69) is 20.7 Å². The number of ether oxygens (including phenoxy) is 3. The Morgan fingerprint density at radius 1 is 1.17 bits per heavy atom. The van der Waals surface area contributed by atoms with E-state index in [1.54, 1.807) is 25.3 Å². The molecule has 1 aliphatic rings. The van der Waals surface area contributed by atoms with E-state index in [-0.39, 0.29) is 30.9 Å². The summed E-state index contributed by atoms with van der Waals surface area (Å²) in [6.45, 7) is 0.851. The number of nitrogens with zero attached hydrogens (tertiary/aromatic N) is 5. The molecule has 0 saturated carbocycles. The van der Waals surface area contributed by atoms with E-state index in [4.69, 9.17) is 14.2 Å². The van der Waals surface area contributed by atoms with Crippen molar-refractivity contribution < 1.29 is 28.2 Å². The first kappa shape index (κ1) is 29.1. The number of thiophene rings is 1. The lowest BCUT2D eigenvalue weighted by atomic mass is 10.0. The predicted molar refractivity (Wildman–Crippen MR) is 152 cm³/mol. The normalized spacial score (nSPS) is 15.3. The Kier molecular flexibility index (Phi) is 9.39. The van der Waals surface area contributed by atoms with Gasteiger partial charge in [0.15, 0.2) is 11.5 Å². The van der Waals surface area contributed by atoms with E-state index in [1.165, 1.54) is 52.4 Å². The SMILES string of the molecule is COc1ccc(-c2nnn(CC(=O)N(Cc3cccs3)[C@H](C(=O)NC[C@H]3CCCO3)c3ccc(F)cc3)n2)cc1OC. The molecule has 0 spiro atoms. The maximum absolute atomic E-state index is 13.9. The van der Waals surface area contributed by atoms with Gasteiger partial charge in [-0.15, -0.1) is 21.5 Å². The van der Waals surface area contributed by atoms with E-state index in [9.17, 15) is 14.0 Å². The number of benzene rings is 2. The lowest BCUT2D eigenvalue weighted by Crippen LogP contribution is -2.46. The van der Waals surface area contributed by atoms with E-state index in [0.717, 1.165) is 17.7 Å². The number of carbonyl (C=O) groups excluding carboxylic acids is 2. The number of carbonyl (C=O) groups is 2. The lowest BCUT2D eigenvalue weighted by Gasteiger charge is -2.31. The number of tetrazole rings is 1. The molecule has 13 heteroatoms. The third-order valence-corrected chi connectivity index (χ3v) is 7.73. The van der Waals surface area contributed by atoms with Crippen LogP contribution in [0.15, 0.2) is 60.0 Å². The Morgan fingerprint density at radius 2 is 1.98 bits per heavy atom. The molecule has 2 aromatic heterocycles. The third-order valence-electron chi connectivity index (χ3n) is 6.87. The van der Waals surface area contributed by atoms with Crippen LogP contribution in [0.1, 0.15) is 29.3 Å². The number of methoxy groups -OCH3 is 2. The first-order valence-corrected chi connectivity index (χ1v) is 14.3. The summed E-state index contributed by atoms with van der Waals surface area (Å²) >= 11 is 1.47. The molecule has 1 fully saturated rings. The summed E-state index contributed by atoms with van der Waals surface area (Å²) in [4.78, 5) is 31.1. The minimum Gasteiger partial charge on any atom is -0.493 e. The molecule has 4 aromatic rings. The molecule has 2 aromatic carbocycles. The van der Waals surface area contributed by atoms with Crippen molar-refractivity contribution >= 4 is 23.2 Å². The molecular formula is C29H31FN6O5S. The van der Waals surface area contributed by atoms with Crippen LogP contribution in [-0.2, 0) is 27.4 Å². The van der Waals surface area contributed by atoms with E-state index >= 15 is 0 Å². The van der Waals surface area contributed by atoms with Crippen molar-refractivity contribution in [2.24, 2.45) is 0 Å². The van der Waals surface area contributed by atoms with Gasteiger partial charge in [0.25, 0.3) is 0 Å². The second-order valence-corrected chi connectivity index (χ2v) is 10.7. The number of hydrogen-bond donors (Lipinski definition) is 1. The third kappa shape index (κ3) is 6.92. The monoisotopic (exact) mass is 594 g/mol. The Labute approximate surface area is 246 Å². The van der Waals surface area contributed by atoms with Gasteiger partial charge in [0.05, 0.1) is 26.9 Å². The molecule has 1 saturated heterocycles. The van der Waals surface area contributed by atoms with Gasteiger partial charge in [-0.25, -0.2) is 4.39 Å². The smallest absolute Gasteiger partial charge is 0.247 e. The first-order valence-electron chi connectivity index (χ1n) is 13.4. The van der Waals surface area contributed by atoms with Gasteiger partial charge in [-0.05, 0) is 65.4 Å². The highest BCUT2D eigenvalue weighted by molar-refractivity contribution is 7.09. The van der Waals surface area contributed by atoms with E-state index in [0.29, 0.717) is 35.8 Å². The van der Waals surface area contributed by atoms with Gasteiger partial charge in [0.1, 0.15) is 18.4 Å². The quantitative estimate of drug-likeness (QED) is 0.264. The zero-order chi connectivity index (χ0) is 29.5. The molecule has 11 nitrogen and oxygen atoms in total. The van der Waals surface area contributed by atoms with Crippen LogP contribution >= 0.6 is 11.3 Å². The average Bonchev–Trinajstić information content (AvgIpc) is 3.80. The highest BCUT2D eigenvalue weighted by atomic mass is 32.1. The zero-order valence-electron chi connectivity index (χ0n) is 23.2. The molecule has 2 amide bonds. The summed E-state index contributed by atoms with van der Waals surface area (Å²) in [6.07, 6.45) is 1.69. The van der Waals surface area contributed by atoms with Crippen molar-refractivity contribution in [3.05, 3.63) is 76.2 Å². The van der Waals surface area contributed by atoms with Crippen LogP contribution in [0.3, 0.4) is 0 Å². The molecule has 220 valence electrons. The summed E-state index contributed by atoms with van der Waals surface area (Å²) in [5.74, 6) is 0.0973. The highest BCUT2D eigenvalue weighted by Gasteiger charge is 2.33. The van der Waals surface area contributed by atoms with Crippen molar-refractivity contribution in [1.82, 2.24) is 30.4 Å². The molecular weight excluding hydrogens is 563 g/mol. The van der Waals surface area contributed by atoms with Gasteiger partial charge in [-0.3, -0.25) is 9.59 Å². The van der Waals surface area contributed by atoms with Crippen molar-refractivity contribution in [3.8, 4) is 22.9 Å². The van der Waals surface area contributed by atoms with Crippen LogP contribution in [0.25, 0.3) is 11.4 Å². The van der Waals surface area contributed by atoms with Crippen molar-refractivity contribution in [2.45, 2.75) is 38.1 Å². The van der Waals surface area contributed by atoms with Crippen LogP contribution in [0.2, 0.25) is 0 Å². The summed E-state index contributed by atoms with van der Waals surface area (Å²) in [5, 5.41) is 17.4. The molecule has 3 heterocycles. The summed E-state index contributed by atoms with van der Waals surface area (Å²) in [5.41, 5.74) is 1.10. The number of hydrogen-bond acceptors (Lipinski definition) is 9. The Bertz CT molecular complexity index is 1490. The molecule has 1 aliphatic heterocycles. The van der Waals surface area contributed by atoms with Crippen LogP contribution in [0, 0.1) is 5.82 Å². The zero-order valence-corrected chi connectivity index (χ0v) is 24.1. The van der Waals surface area contributed by atoms with Crippen LogP contribution in [-0.4, -0.2) is 70.4 Å². The van der Waals surface area contributed by atoms with Gasteiger partial charge < -0.3 is 24.4 Å². The molecule has 2 atom stereocenters. The largest absolute Gasteiger partial charge is 0.493 e. The molecule has 0 radical (unpaired) electrons. The Morgan fingerprint density at radius 3 is 2.67 bits per heavy atom. The lowest BCUT2D eigenvalue weighted by molar-refractivity contribution is -0.142. The summed E-state index contributed by atoms with van der Waals surface area (Å²) < 4.78 is 30.2. The second-order valence-electron chi connectivity index (χ2n) is 9.65. The maximum atomic E-state index is 13.9. The molecule has 0 aliphatic carbocycles. The van der Waals surface area contributed by atoms with Crippen molar-refractivity contribution in [1.29, 1.82) is 0 Å². The number of rotatable bonds is 12.